The minimum absolute atomic E-state index is 0.242. The van der Waals surface area contributed by atoms with Gasteiger partial charge in [-0.15, -0.1) is 0 Å². The number of nitrogens with zero attached hydrogens (tertiary/aromatic N) is 2. The summed E-state index contributed by atoms with van der Waals surface area (Å²) < 4.78 is 4.85. The predicted octanol–water partition coefficient (Wildman–Crippen LogP) is 0.544. The van der Waals surface area contributed by atoms with Gasteiger partial charge in [0.1, 0.15) is 11.8 Å². The van der Waals surface area contributed by atoms with Crippen LogP contribution in [0.5, 0.6) is 5.75 Å². The van der Waals surface area contributed by atoms with Crippen LogP contribution >= 0.6 is 0 Å². The lowest BCUT2D eigenvalue weighted by Gasteiger charge is -2.01. The highest BCUT2D eigenvalue weighted by atomic mass is 16.5. The standard InChI is InChI=1S/C7H7N3O/c1-11-6-3-2-5(4-8)10-7(6)9/h2-3H,1H3,(H2,9,10). The zero-order valence-corrected chi connectivity index (χ0v) is 6.03. The largest absolute Gasteiger partial charge is 0.493 e. The van der Waals surface area contributed by atoms with Gasteiger partial charge in [0, 0.05) is 0 Å². The first kappa shape index (κ1) is 7.35. The summed E-state index contributed by atoms with van der Waals surface area (Å²) in [5, 5.41) is 8.42. The second kappa shape index (κ2) is 2.88. The van der Waals surface area contributed by atoms with Crippen molar-refractivity contribution in [3.63, 3.8) is 0 Å². The Kier molecular flexibility index (Phi) is 1.93. The fraction of sp³-hybridized carbons (Fsp3) is 0.143. The number of anilines is 1. The number of nitriles is 1. The van der Waals surface area contributed by atoms with Crippen LogP contribution < -0.4 is 10.5 Å². The molecule has 56 valence electrons. The van der Waals surface area contributed by atoms with Crippen molar-refractivity contribution in [2.24, 2.45) is 0 Å². The first-order valence-electron chi connectivity index (χ1n) is 2.98. The van der Waals surface area contributed by atoms with Crippen LogP contribution in [0.4, 0.5) is 5.82 Å². The molecule has 0 unspecified atom stereocenters. The summed E-state index contributed by atoms with van der Waals surface area (Å²) in [6.45, 7) is 0. The Morgan fingerprint density at radius 2 is 2.36 bits per heavy atom. The average Bonchev–Trinajstić information content (AvgIpc) is 2.04. The van der Waals surface area contributed by atoms with Gasteiger partial charge in [0.05, 0.1) is 7.11 Å². The number of hydrogen-bond acceptors (Lipinski definition) is 4. The van der Waals surface area contributed by atoms with Gasteiger partial charge in [-0.3, -0.25) is 0 Å². The molecule has 0 spiro atoms. The van der Waals surface area contributed by atoms with E-state index in [1.54, 1.807) is 12.1 Å². The number of ether oxygens (including phenoxy) is 1. The molecule has 0 saturated heterocycles. The van der Waals surface area contributed by atoms with Crippen LogP contribution in [0.25, 0.3) is 0 Å². The zero-order chi connectivity index (χ0) is 8.27. The Hall–Kier alpha value is -1.76. The first-order valence-corrected chi connectivity index (χ1v) is 2.98. The molecule has 0 saturated carbocycles. The molecule has 1 rings (SSSR count). The molecule has 1 aromatic heterocycles. The maximum atomic E-state index is 8.42. The van der Waals surface area contributed by atoms with Crippen molar-refractivity contribution in [3.05, 3.63) is 17.8 Å². The van der Waals surface area contributed by atoms with E-state index in [1.165, 1.54) is 7.11 Å². The Labute approximate surface area is 64.2 Å². The Bertz CT molecular complexity index is 303. The van der Waals surface area contributed by atoms with E-state index in [2.05, 4.69) is 4.98 Å². The van der Waals surface area contributed by atoms with E-state index in [1.807, 2.05) is 6.07 Å². The average molecular weight is 149 g/mol. The molecule has 0 bridgehead atoms. The highest BCUT2D eigenvalue weighted by Gasteiger charge is 1.99. The Morgan fingerprint density at radius 3 is 2.82 bits per heavy atom. The Morgan fingerprint density at radius 1 is 1.64 bits per heavy atom. The molecule has 2 N–H and O–H groups in total. The van der Waals surface area contributed by atoms with Gasteiger partial charge in [0.2, 0.25) is 0 Å². The highest BCUT2D eigenvalue weighted by Crippen LogP contribution is 2.17. The molecule has 0 aliphatic carbocycles. The topological polar surface area (TPSA) is 71.9 Å². The third-order valence-corrected chi connectivity index (χ3v) is 1.22. The van der Waals surface area contributed by atoms with Crippen molar-refractivity contribution < 1.29 is 4.74 Å². The lowest BCUT2D eigenvalue weighted by atomic mass is 10.3. The summed E-state index contributed by atoms with van der Waals surface area (Å²) in [6.07, 6.45) is 0. The number of nitrogens with two attached hydrogens (primary N) is 1. The summed E-state index contributed by atoms with van der Waals surface area (Å²) in [4.78, 5) is 3.75. The van der Waals surface area contributed by atoms with Crippen molar-refractivity contribution in [1.29, 1.82) is 5.26 Å². The second-order valence-electron chi connectivity index (χ2n) is 1.90. The molecule has 0 atom stereocenters. The minimum Gasteiger partial charge on any atom is -0.493 e. The van der Waals surface area contributed by atoms with Gasteiger partial charge in [0.15, 0.2) is 11.6 Å². The number of methoxy groups -OCH3 is 1. The Balaban J connectivity index is 3.12. The van der Waals surface area contributed by atoms with Gasteiger partial charge in [-0.2, -0.15) is 5.26 Å². The van der Waals surface area contributed by atoms with E-state index in [0.717, 1.165) is 0 Å². The molecule has 1 heterocycles. The molecule has 4 nitrogen and oxygen atoms in total. The number of pyridine rings is 1. The van der Waals surface area contributed by atoms with Crippen LogP contribution in [0.15, 0.2) is 12.1 Å². The quantitative estimate of drug-likeness (QED) is 0.632. The van der Waals surface area contributed by atoms with Crippen LogP contribution in [-0.2, 0) is 0 Å². The fourth-order valence-corrected chi connectivity index (χ4v) is 0.697. The summed E-state index contributed by atoms with van der Waals surface area (Å²) in [7, 11) is 1.50. The molecule has 0 radical (unpaired) electrons. The predicted molar refractivity (Wildman–Crippen MR) is 39.9 cm³/mol. The zero-order valence-electron chi connectivity index (χ0n) is 6.03. The van der Waals surface area contributed by atoms with Crippen LogP contribution in [0.3, 0.4) is 0 Å². The molecule has 0 aromatic carbocycles. The number of aromatic nitrogens is 1. The normalized spacial score (nSPS) is 8.73. The molecule has 0 aliphatic rings. The van der Waals surface area contributed by atoms with Crippen LogP contribution in [0, 0.1) is 11.3 Å². The summed E-state index contributed by atoms with van der Waals surface area (Å²) in [5.41, 5.74) is 5.71. The van der Waals surface area contributed by atoms with E-state index in [4.69, 9.17) is 15.7 Å². The SMILES string of the molecule is COc1ccc(C#N)nc1N. The summed E-state index contributed by atoms with van der Waals surface area (Å²) >= 11 is 0. The molecule has 11 heavy (non-hydrogen) atoms. The summed E-state index contributed by atoms with van der Waals surface area (Å²) in [6, 6.07) is 5.04. The second-order valence-corrected chi connectivity index (χ2v) is 1.90. The molecule has 0 amide bonds. The summed E-state index contributed by atoms with van der Waals surface area (Å²) in [5.74, 6) is 0.732. The van der Waals surface area contributed by atoms with Gasteiger partial charge >= 0.3 is 0 Å². The van der Waals surface area contributed by atoms with E-state index >= 15 is 0 Å². The maximum Gasteiger partial charge on any atom is 0.167 e. The van der Waals surface area contributed by atoms with Gasteiger partial charge in [0.25, 0.3) is 0 Å². The lowest BCUT2D eigenvalue weighted by molar-refractivity contribution is 0.415. The van der Waals surface area contributed by atoms with Crippen molar-refractivity contribution in [3.8, 4) is 11.8 Å². The molecule has 0 aliphatic heterocycles. The third-order valence-electron chi connectivity index (χ3n) is 1.22. The number of rotatable bonds is 1. The molecule has 1 aromatic rings. The van der Waals surface area contributed by atoms with Crippen LogP contribution in [0.2, 0.25) is 0 Å². The maximum absolute atomic E-state index is 8.42. The van der Waals surface area contributed by atoms with Crippen molar-refractivity contribution >= 4 is 5.82 Å². The number of nitrogen functional groups attached to an aromatic ring is 1. The van der Waals surface area contributed by atoms with Crippen molar-refractivity contribution in [2.75, 3.05) is 12.8 Å². The van der Waals surface area contributed by atoms with E-state index in [9.17, 15) is 0 Å². The van der Waals surface area contributed by atoms with E-state index < -0.39 is 0 Å². The number of hydrogen-bond donors (Lipinski definition) is 1. The van der Waals surface area contributed by atoms with Gasteiger partial charge in [-0.25, -0.2) is 4.98 Å². The van der Waals surface area contributed by atoms with E-state index in [-0.39, 0.29) is 5.82 Å². The van der Waals surface area contributed by atoms with E-state index in [0.29, 0.717) is 11.4 Å². The van der Waals surface area contributed by atoms with Crippen molar-refractivity contribution in [1.82, 2.24) is 4.98 Å². The smallest absolute Gasteiger partial charge is 0.167 e. The highest BCUT2D eigenvalue weighted by molar-refractivity contribution is 5.47. The van der Waals surface area contributed by atoms with Crippen molar-refractivity contribution in [2.45, 2.75) is 0 Å². The molecular weight excluding hydrogens is 142 g/mol. The van der Waals surface area contributed by atoms with Crippen LogP contribution in [0.1, 0.15) is 5.69 Å². The minimum atomic E-state index is 0.242. The van der Waals surface area contributed by atoms with Crippen LogP contribution in [-0.4, -0.2) is 12.1 Å². The van der Waals surface area contributed by atoms with Gasteiger partial charge < -0.3 is 10.5 Å². The van der Waals surface area contributed by atoms with Gasteiger partial charge in [-0.1, -0.05) is 0 Å². The fourth-order valence-electron chi connectivity index (χ4n) is 0.697. The van der Waals surface area contributed by atoms with Gasteiger partial charge in [-0.05, 0) is 12.1 Å². The third kappa shape index (κ3) is 1.38. The monoisotopic (exact) mass is 149 g/mol. The molecular formula is C7H7N3O. The molecule has 0 fully saturated rings. The first-order chi connectivity index (χ1) is 5.27. The molecule has 4 heteroatoms. The lowest BCUT2D eigenvalue weighted by Crippen LogP contribution is -1.96.